The van der Waals surface area contributed by atoms with E-state index in [9.17, 15) is 0 Å². The van der Waals surface area contributed by atoms with Gasteiger partial charge in [0, 0.05) is 13.2 Å². The predicted molar refractivity (Wildman–Crippen MR) is 80.2 cm³/mol. The summed E-state index contributed by atoms with van der Waals surface area (Å²) >= 11 is 0. The van der Waals surface area contributed by atoms with Crippen LogP contribution in [0.1, 0.15) is 25.0 Å². The highest BCUT2D eigenvalue weighted by Gasteiger charge is 2.15. The molecular formula is C17H22O2. The Labute approximate surface area is 115 Å². The van der Waals surface area contributed by atoms with Crippen molar-refractivity contribution >= 4 is 0 Å². The number of rotatable bonds is 0. The van der Waals surface area contributed by atoms with E-state index in [1.165, 1.54) is 22.3 Å². The van der Waals surface area contributed by atoms with Crippen LogP contribution >= 0.6 is 0 Å². The Morgan fingerprint density at radius 1 is 0.737 bits per heavy atom. The van der Waals surface area contributed by atoms with Crippen LogP contribution in [0.4, 0.5) is 0 Å². The van der Waals surface area contributed by atoms with Crippen LogP contribution in [0.2, 0.25) is 0 Å². The first-order valence-electron chi connectivity index (χ1n) is 6.66. The topological polar surface area (TPSA) is 40.5 Å². The van der Waals surface area contributed by atoms with E-state index >= 15 is 0 Å². The number of fused-ring (bicyclic) bond motifs is 3. The maximum Gasteiger partial charge on any atom is 0.0402 e. The molecule has 0 aromatic heterocycles. The largest absolute Gasteiger partial charge is 0.397 e. The highest BCUT2D eigenvalue weighted by molar-refractivity contribution is 5.76. The van der Waals surface area contributed by atoms with Gasteiger partial charge in [0.2, 0.25) is 0 Å². The lowest BCUT2D eigenvalue weighted by atomic mass is 10.1. The maximum absolute atomic E-state index is 7.57. The third-order valence-corrected chi connectivity index (χ3v) is 2.71. The number of aliphatic hydroxyl groups is 2. The standard InChI is InChI=1S/C13H10.2C2H6O/c1-3-7-12-10(5-1)9-11-6-2-4-8-13(11)12;2*1-2-3/h1-8H,9H2;2*3H,2H2,1H3. The van der Waals surface area contributed by atoms with Crippen molar-refractivity contribution < 1.29 is 10.2 Å². The van der Waals surface area contributed by atoms with E-state index in [1.54, 1.807) is 13.8 Å². The van der Waals surface area contributed by atoms with Gasteiger partial charge in [-0.2, -0.15) is 0 Å². The fourth-order valence-corrected chi connectivity index (χ4v) is 2.08. The van der Waals surface area contributed by atoms with E-state index in [0.29, 0.717) is 0 Å². The molecule has 0 bridgehead atoms. The molecule has 2 heteroatoms. The number of hydrogen-bond acceptors (Lipinski definition) is 2. The van der Waals surface area contributed by atoms with Crippen molar-refractivity contribution in [2.75, 3.05) is 13.2 Å². The van der Waals surface area contributed by atoms with Gasteiger partial charge in [-0.3, -0.25) is 0 Å². The second kappa shape index (κ2) is 8.46. The monoisotopic (exact) mass is 258 g/mol. The molecule has 0 radical (unpaired) electrons. The molecule has 0 spiro atoms. The summed E-state index contributed by atoms with van der Waals surface area (Å²) in [4.78, 5) is 0. The van der Waals surface area contributed by atoms with Crippen LogP contribution in [0.5, 0.6) is 0 Å². The van der Waals surface area contributed by atoms with Crippen molar-refractivity contribution in [1.82, 2.24) is 0 Å². The lowest BCUT2D eigenvalue weighted by Crippen LogP contribution is -1.77. The van der Waals surface area contributed by atoms with E-state index in [-0.39, 0.29) is 13.2 Å². The van der Waals surface area contributed by atoms with Crippen LogP contribution in [0.25, 0.3) is 11.1 Å². The molecule has 3 rings (SSSR count). The zero-order chi connectivity index (χ0) is 14.1. The van der Waals surface area contributed by atoms with Crippen LogP contribution in [-0.2, 0) is 6.42 Å². The molecule has 0 unspecified atom stereocenters. The number of hydrogen-bond donors (Lipinski definition) is 2. The van der Waals surface area contributed by atoms with Gasteiger partial charge in [-0.1, -0.05) is 48.5 Å². The molecule has 1 aliphatic rings. The molecule has 102 valence electrons. The Morgan fingerprint density at radius 2 is 1.05 bits per heavy atom. The SMILES string of the molecule is CCO.CCO.c1ccc2c(c1)Cc1ccccc1-2. The molecule has 0 saturated carbocycles. The normalized spacial score (nSPS) is 10.3. The van der Waals surface area contributed by atoms with E-state index in [4.69, 9.17) is 10.2 Å². The summed E-state index contributed by atoms with van der Waals surface area (Å²) in [5.41, 5.74) is 5.75. The minimum Gasteiger partial charge on any atom is -0.397 e. The molecule has 0 amide bonds. The Balaban J connectivity index is 0.000000261. The molecule has 0 aliphatic heterocycles. The quantitative estimate of drug-likeness (QED) is 0.650. The smallest absolute Gasteiger partial charge is 0.0402 e. The van der Waals surface area contributed by atoms with Gasteiger partial charge in [-0.15, -0.1) is 0 Å². The van der Waals surface area contributed by atoms with Crippen molar-refractivity contribution in [2.45, 2.75) is 20.3 Å². The van der Waals surface area contributed by atoms with Gasteiger partial charge in [0.25, 0.3) is 0 Å². The Hall–Kier alpha value is -1.64. The van der Waals surface area contributed by atoms with Gasteiger partial charge < -0.3 is 10.2 Å². The Bertz CT molecular complexity index is 447. The number of benzene rings is 2. The lowest BCUT2D eigenvalue weighted by Gasteiger charge is -1.98. The molecule has 1 aliphatic carbocycles. The van der Waals surface area contributed by atoms with Gasteiger partial charge >= 0.3 is 0 Å². The van der Waals surface area contributed by atoms with Gasteiger partial charge in [0.15, 0.2) is 0 Å². The molecule has 0 saturated heterocycles. The van der Waals surface area contributed by atoms with Crippen LogP contribution < -0.4 is 0 Å². The molecule has 2 N–H and O–H groups in total. The van der Waals surface area contributed by atoms with Crippen molar-refractivity contribution in [3.63, 3.8) is 0 Å². The minimum atomic E-state index is 0.250. The predicted octanol–water partition coefficient (Wildman–Crippen LogP) is 3.26. The van der Waals surface area contributed by atoms with Crippen LogP contribution in [0, 0.1) is 0 Å². The highest BCUT2D eigenvalue weighted by Crippen LogP contribution is 2.35. The second-order valence-electron chi connectivity index (χ2n) is 4.12. The summed E-state index contributed by atoms with van der Waals surface area (Å²) in [5.74, 6) is 0. The first-order valence-corrected chi connectivity index (χ1v) is 6.66. The average Bonchev–Trinajstić information content (AvgIpc) is 2.79. The van der Waals surface area contributed by atoms with Crippen LogP contribution in [0.15, 0.2) is 48.5 Å². The third kappa shape index (κ3) is 4.19. The van der Waals surface area contributed by atoms with Gasteiger partial charge in [-0.25, -0.2) is 0 Å². The van der Waals surface area contributed by atoms with Crippen molar-refractivity contribution in [3.8, 4) is 11.1 Å². The molecule has 0 fully saturated rings. The fraction of sp³-hybridized carbons (Fsp3) is 0.294. The van der Waals surface area contributed by atoms with E-state index in [0.717, 1.165) is 6.42 Å². The zero-order valence-electron chi connectivity index (χ0n) is 11.6. The molecule has 0 atom stereocenters. The first-order chi connectivity index (χ1) is 9.28. The molecule has 2 aromatic rings. The Morgan fingerprint density at radius 3 is 1.42 bits per heavy atom. The number of aliphatic hydroxyl groups excluding tert-OH is 2. The summed E-state index contributed by atoms with van der Waals surface area (Å²) < 4.78 is 0. The third-order valence-electron chi connectivity index (χ3n) is 2.71. The van der Waals surface area contributed by atoms with Crippen molar-refractivity contribution in [1.29, 1.82) is 0 Å². The fourth-order valence-electron chi connectivity index (χ4n) is 2.08. The molecule has 0 heterocycles. The van der Waals surface area contributed by atoms with E-state index < -0.39 is 0 Å². The van der Waals surface area contributed by atoms with Crippen LogP contribution in [-0.4, -0.2) is 23.4 Å². The Kier molecular flexibility index (Phi) is 6.86. The maximum atomic E-state index is 7.57. The van der Waals surface area contributed by atoms with Crippen molar-refractivity contribution in [3.05, 3.63) is 59.7 Å². The van der Waals surface area contributed by atoms with Gasteiger partial charge in [0.1, 0.15) is 0 Å². The highest BCUT2D eigenvalue weighted by atomic mass is 16.3. The average molecular weight is 258 g/mol. The first kappa shape index (κ1) is 15.4. The molecule has 2 aromatic carbocycles. The second-order valence-corrected chi connectivity index (χ2v) is 4.12. The van der Waals surface area contributed by atoms with Gasteiger partial charge in [-0.05, 0) is 42.5 Å². The summed E-state index contributed by atoms with van der Waals surface area (Å²) in [6.45, 7) is 3.86. The summed E-state index contributed by atoms with van der Waals surface area (Å²) in [6.07, 6.45) is 1.10. The van der Waals surface area contributed by atoms with E-state index in [1.807, 2.05) is 0 Å². The molecule has 2 nitrogen and oxygen atoms in total. The molecular weight excluding hydrogens is 236 g/mol. The molecule has 19 heavy (non-hydrogen) atoms. The van der Waals surface area contributed by atoms with Crippen LogP contribution in [0.3, 0.4) is 0 Å². The zero-order valence-corrected chi connectivity index (χ0v) is 11.6. The summed E-state index contributed by atoms with van der Waals surface area (Å²) in [7, 11) is 0. The van der Waals surface area contributed by atoms with E-state index in [2.05, 4.69) is 48.5 Å². The summed E-state index contributed by atoms with van der Waals surface area (Å²) in [6, 6.07) is 17.3. The summed E-state index contributed by atoms with van der Waals surface area (Å²) in [5, 5.41) is 15.1. The lowest BCUT2D eigenvalue weighted by molar-refractivity contribution is 0.318. The minimum absolute atomic E-state index is 0.250. The van der Waals surface area contributed by atoms with Crippen molar-refractivity contribution in [2.24, 2.45) is 0 Å². The van der Waals surface area contributed by atoms with Gasteiger partial charge in [0.05, 0.1) is 0 Å².